The van der Waals surface area contributed by atoms with E-state index >= 15 is 0 Å². The molecule has 10 heteroatoms. The summed E-state index contributed by atoms with van der Waals surface area (Å²) in [6, 6.07) is 8.70. The number of hydrogen-bond acceptors (Lipinski definition) is 6. The van der Waals surface area contributed by atoms with Gasteiger partial charge in [0.15, 0.2) is 18.1 Å². The maximum Gasteiger partial charge on any atom is 0.276 e. The number of anilines is 1. The molecule has 0 unspecified atom stereocenters. The molecular weight excluding hydrogens is 376 g/mol. The zero-order chi connectivity index (χ0) is 20.8. The number of carbonyl (C=O) groups is 2. The number of nitrogens with one attached hydrogen (secondary N) is 2. The fourth-order valence-corrected chi connectivity index (χ4v) is 2.51. The molecule has 1 aromatic carbocycles. The van der Waals surface area contributed by atoms with E-state index < -0.39 is 5.91 Å². The van der Waals surface area contributed by atoms with E-state index in [2.05, 4.69) is 20.8 Å². The molecule has 0 saturated heterocycles. The van der Waals surface area contributed by atoms with Crippen molar-refractivity contribution in [2.75, 3.05) is 19.5 Å². The van der Waals surface area contributed by atoms with Crippen molar-refractivity contribution in [2.24, 2.45) is 0 Å². The van der Waals surface area contributed by atoms with E-state index in [1.165, 1.54) is 11.7 Å². The molecule has 0 spiro atoms. The summed E-state index contributed by atoms with van der Waals surface area (Å²) in [5.41, 5.74) is 0.653. The Balaban J connectivity index is 1.64. The fourth-order valence-electron chi connectivity index (χ4n) is 2.51. The number of aromatic nitrogens is 4. The molecule has 10 nitrogen and oxygen atoms in total. The Hall–Kier alpha value is -3.82. The Morgan fingerprint density at radius 2 is 1.76 bits per heavy atom. The van der Waals surface area contributed by atoms with Gasteiger partial charge in [-0.05, 0) is 37.3 Å². The second kappa shape index (κ2) is 8.91. The average Bonchev–Trinajstić information content (AvgIpc) is 3.39. The Kier molecular flexibility index (Phi) is 6.12. The minimum Gasteiger partial charge on any atom is -0.497 e. The minimum absolute atomic E-state index is 0.136. The SMILES string of the molecule is CCn1cc(NC(=O)c2ccn(COc3ccc(OC)cc3)n2)c(C(=O)NC)n1. The average molecular weight is 398 g/mol. The molecule has 29 heavy (non-hydrogen) atoms. The van der Waals surface area contributed by atoms with Crippen LogP contribution in [0.4, 0.5) is 5.69 Å². The highest BCUT2D eigenvalue weighted by molar-refractivity contribution is 6.07. The zero-order valence-corrected chi connectivity index (χ0v) is 16.4. The lowest BCUT2D eigenvalue weighted by Gasteiger charge is -2.07. The van der Waals surface area contributed by atoms with E-state index in [1.807, 2.05) is 6.92 Å². The molecule has 0 radical (unpaired) electrons. The molecule has 2 amide bonds. The number of hydrogen-bond donors (Lipinski definition) is 2. The molecule has 2 heterocycles. The van der Waals surface area contributed by atoms with E-state index in [1.54, 1.807) is 54.5 Å². The largest absolute Gasteiger partial charge is 0.497 e. The standard InChI is InChI=1S/C19H22N6O4/c1-4-24-11-16(17(23-24)19(27)20-2)21-18(26)15-9-10-25(22-15)12-29-14-7-5-13(28-3)6-8-14/h5-11H,4,12H2,1-3H3,(H,20,27)(H,21,26). The minimum atomic E-state index is -0.450. The number of nitrogens with zero attached hydrogens (tertiary/aromatic N) is 4. The predicted octanol–water partition coefficient (Wildman–Crippen LogP) is 1.76. The third kappa shape index (κ3) is 4.72. The number of benzene rings is 1. The summed E-state index contributed by atoms with van der Waals surface area (Å²) in [5, 5.41) is 13.6. The third-order valence-electron chi connectivity index (χ3n) is 4.07. The molecule has 152 valence electrons. The molecule has 2 N–H and O–H groups in total. The summed E-state index contributed by atoms with van der Waals surface area (Å²) in [4.78, 5) is 24.5. The molecule has 3 aromatic rings. The lowest BCUT2D eigenvalue weighted by atomic mass is 10.3. The van der Waals surface area contributed by atoms with Crippen molar-refractivity contribution in [3.63, 3.8) is 0 Å². The van der Waals surface area contributed by atoms with Crippen molar-refractivity contribution in [2.45, 2.75) is 20.2 Å². The van der Waals surface area contributed by atoms with Crippen LogP contribution in [0.2, 0.25) is 0 Å². The van der Waals surface area contributed by atoms with Crippen molar-refractivity contribution < 1.29 is 19.1 Å². The zero-order valence-electron chi connectivity index (χ0n) is 16.4. The van der Waals surface area contributed by atoms with Gasteiger partial charge in [0.2, 0.25) is 0 Å². The summed E-state index contributed by atoms with van der Waals surface area (Å²) in [6.45, 7) is 2.59. The number of carbonyl (C=O) groups excluding carboxylic acids is 2. The third-order valence-corrected chi connectivity index (χ3v) is 4.07. The monoisotopic (exact) mass is 398 g/mol. The maximum atomic E-state index is 12.5. The van der Waals surface area contributed by atoms with E-state index in [-0.39, 0.29) is 24.0 Å². The van der Waals surface area contributed by atoms with Crippen molar-refractivity contribution in [3.05, 3.63) is 54.1 Å². The molecule has 0 aliphatic carbocycles. The fraction of sp³-hybridized carbons (Fsp3) is 0.263. The quantitative estimate of drug-likeness (QED) is 0.598. The summed E-state index contributed by atoms with van der Waals surface area (Å²) >= 11 is 0. The van der Waals surface area contributed by atoms with Gasteiger partial charge in [-0.25, -0.2) is 4.68 Å². The van der Waals surface area contributed by atoms with Gasteiger partial charge in [-0.15, -0.1) is 0 Å². The van der Waals surface area contributed by atoms with Crippen LogP contribution in [0.1, 0.15) is 27.9 Å². The van der Waals surface area contributed by atoms with E-state index in [0.29, 0.717) is 18.0 Å². The van der Waals surface area contributed by atoms with E-state index in [0.717, 1.165) is 5.75 Å². The van der Waals surface area contributed by atoms with Crippen molar-refractivity contribution in [3.8, 4) is 11.5 Å². The Labute approximate surface area is 167 Å². The number of aryl methyl sites for hydroxylation is 1. The van der Waals surface area contributed by atoms with Crippen LogP contribution in [-0.2, 0) is 13.3 Å². The lowest BCUT2D eigenvalue weighted by Crippen LogP contribution is -2.22. The normalized spacial score (nSPS) is 10.4. The van der Waals surface area contributed by atoms with Crippen LogP contribution in [0.5, 0.6) is 11.5 Å². The maximum absolute atomic E-state index is 12.5. The van der Waals surface area contributed by atoms with Gasteiger partial charge >= 0.3 is 0 Å². The smallest absolute Gasteiger partial charge is 0.276 e. The van der Waals surface area contributed by atoms with Gasteiger partial charge in [-0.1, -0.05) is 0 Å². The van der Waals surface area contributed by atoms with Gasteiger partial charge in [0.1, 0.15) is 11.5 Å². The lowest BCUT2D eigenvalue weighted by molar-refractivity contribution is 0.0958. The van der Waals surface area contributed by atoms with Crippen molar-refractivity contribution in [1.82, 2.24) is 24.9 Å². The van der Waals surface area contributed by atoms with Gasteiger partial charge < -0.3 is 20.1 Å². The van der Waals surface area contributed by atoms with Gasteiger partial charge in [-0.3, -0.25) is 14.3 Å². The summed E-state index contributed by atoms with van der Waals surface area (Å²) in [5.74, 6) is 0.548. The molecule has 0 aliphatic heterocycles. The highest BCUT2D eigenvalue weighted by Gasteiger charge is 2.19. The highest BCUT2D eigenvalue weighted by atomic mass is 16.5. The summed E-state index contributed by atoms with van der Waals surface area (Å²) < 4.78 is 13.8. The van der Waals surface area contributed by atoms with Gasteiger partial charge in [-0.2, -0.15) is 10.2 Å². The molecule has 0 aliphatic rings. The summed E-state index contributed by atoms with van der Waals surface area (Å²) in [6.07, 6.45) is 3.24. The molecule has 0 bridgehead atoms. The molecule has 0 saturated carbocycles. The van der Waals surface area contributed by atoms with Crippen LogP contribution < -0.4 is 20.1 Å². The first kappa shape index (κ1) is 19.9. The van der Waals surface area contributed by atoms with Crippen LogP contribution in [0.25, 0.3) is 0 Å². The first-order valence-electron chi connectivity index (χ1n) is 8.95. The Morgan fingerprint density at radius 3 is 2.41 bits per heavy atom. The molecule has 3 rings (SSSR count). The van der Waals surface area contributed by atoms with Crippen LogP contribution in [-0.4, -0.2) is 45.5 Å². The number of rotatable bonds is 8. The van der Waals surface area contributed by atoms with Gasteiger partial charge in [0.05, 0.1) is 12.8 Å². The van der Waals surface area contributed by atoms with Crippen LogP contribution in [0, 0.1) is 0 Å². The summed E-state index contributed by atoms with van der Waals surface area (Å²) in [7, 11) is 3.10. The van der Waals surface area contributed by atoms with Crippen LogP contribution in [0.15, 0.2) is 42.7 Å². The number of methoxy groups -OCH3 is 1. The highest BCUT2D eigenvalue weighted by Crippen LogP contribution is 2.18. The molecule has 2 aromatic heterocycles. The molecule has 0 atom stereocenters. The predicted molar refractivity (Wildman–Crippen MR) is 105 cm³/mol. The number of amides is 2. The number of ether oxygens (including phenoxy) is 2. The van der Waals surface area contributed by atoms with Gasteiger partial charge in [0, 0.05) is 26.0 Å². The topological polar surface area (TPSA) is 112 Å². The van der Waals surface area contributed by atoms with E-state index in [4.69, 9.17) is 9.47 Å². The second-order valence-corrected chi connectivity index (χ2v) is 5.97. The molecular formula is C19H22N6O4. The first-order valence-corrected chi connectivity index (χ1v) is 8.95. The van der Waals surface area contributed by atoms with Crippen molar-refractivity contribution >= 4 is 17.5 Å². The van der Waals surface area contributed by atoms with Crippen LogP contribution in [0.3, 0.4) is 0 Å². The Bertz CT molecular complexity index is 993. The van der Waals surface area contributed by atoms with Gasteiger partial charge in [0.25, 0.3) is 11.8 Å². The first-order chi connectivity index (χ1) is 14.0. The second-order valence-electron chi connectivity index (χ2n) is 5.97. The van der Waals surface area contributed by atoms with E-state index in [9.17, 15) is 9.59 Å². The van der Waals surface area contributed by atoms with Crippen molar-refractivity contribution in [1.29, 1.82) is 0 Å². The Morgan fingerprint density at radius 1 is 1.03 bits per heavy atom. The molecule has 0 fully saturated rings. The van der Waals surface area contributed by atoms with Crippen LogP contribution >= 0.6 is 0 Å².